The first-order chi connectivity index (χ1) is 18.4. The summed E-state index contributed by atoms with van der Waals surface area (Å²) in [7, 11) is 0. The summed E-state index contributed by atoms with van der Waals surface area (Å²) in [6.07, 6.45) is 7.17. The van der Waals surface area contributed by atoms with Gasteiger partial charge in [0.15, 0.2) is 0 Å². The Labute approximate surface area is 217 Å². The first-order valence-electron chi connectivity index (χ1n) is 12.8. The van der Waals surface area contributed by atoms with Gasteiger partial charge >= 0.3 is 0 Å². The molecular formula is C33H29N3O. The molecule has 4 nitrogen and oxygen atoms in total. The van der Waals surface area contributed by atoms with Crippen LogP contribution in [-0.4, -0.2) is 15.8 Å². The zero-order valence-electron chi connectivity index (χ0n) is 20.6. The Bertz CT molecular complexity index is 1350. The second-order valence-electron chi connectivity index (χ2n) is 9.53. The first-order valence-corrected chi connectivity index (χ1v) is 12.8. The molecule has 4 aromatic carbocycles. The number of aromatic nitrogens is 2. The lowest BCUT2D eigenvalue weighted by atomic mass is 9.77. The molecule has 0 saturated heterocycles. The van der Waals surface area contributed by atoms with E-state index in [4.69, 9.17) is 9.82 Å². The molecule has 1 aliphatic rings. The van der Waals surface area contributed by atoms with Crippen LogP contribution in [0.1, 0.15) is 40.3 Å². The average Bonchev–Trinajstić information content (AvgIpc) is 3.58. The molecule has 4 heteroatoms. The molecule has 0 spiro atoms. The van der Waals surface area contributed by atoms with Gasteiger partial charge in [-0.2, -0.15) is 0 Å². The van der Waals surface area contributed by atoms with Crippen LogP contribution < -0.4 is 0 Å². The van der Waals surface area contributed by atoms with Gasteiger partial charge in [0.25, 0.3) is 0 Å². The zero-order valence-corrected chi connectivity index (χ0v) is 20.6. The molecule has 1 aliphatic carbocycles. The lowest BCUT2D eigenvalue weighted by Crippen LogP contribution is -2.36. The van der Waals surface area contributed by atoms with Crippen molar-refractivity contribution in [3.63, 3.8) is 0 Å². The van der Waals surface area contributed by atoms with Crippen molar-refractivity contribution in [3.8, 4) is 0 Å². The molecule has 0 N–H and O–H groups in total. The Kier molecular flexibility index (Phi) is 6.38. The lowest BCUT2D eigenvalue weighted by Gasteiger charge is -2.37. The molecule has 2 atom stereocenters. The highest BCUT2D eigenvalue weighted by Gasteiger charge is 2.42. The molecule has 0 unspecified atom stereocenters. The van der Waals surface area contributed by atoms with Crippen LogP contribution in [0.2, 0.25) is 0 Å². The Hall–Kier alpha value is -4.44. The van der Waals surface area contributed by atoms with E-state index in [0.717, 1.165) is 17.7 Å². The Morgan fingerprint density at radius 2 is 1.27 bits per heavy atom. The fraction of sp³-hybridized carbons (Fsp3) is 0.152. The molecule has 0 amide bonds. The molecule has 5 aromatic rings. The van der Waals surface area contributed by atoms with E-state index < -0.39 is 5.54 Å². The molecule has 0 bridgehead atoms. The van der Waals surface area contributed by atoms with Crippen molar-refractivity contribution in [2.24, 2.45) is 11.1 Å². The van der Waals surface area contributed by atoms with Crippen molar-refractivity contribution in [3.05, 3.63) is 162 Å². The van der Waals surface area contributed by atoms with Crippen LogP contribution in [0.4, 0.5) is 0 Å². The minimum atomic E-state index is -0.535. The quantitative estimate of drug-likeness (QED) is 0.128. The normalized spacial score (nSPS) is 17.1. The van der Waals surface area contributed by atoms with E-state index in [9.17, 15) is 0 Å². The monoisotopic (exact) mass is 483 g/mol. The highest BCUT2D eigenvalue weighted by Crippen LogP contribution is 2.47. The summed E-state index contributed by atoms with van der Waals surface area (Å²) in [4.78, 5) is 10.4. The van der Waals surface area contributed by atoms with Gasteiger partial charge in [-0.05, 0) is 28.7 Å². The van der Waals surface area contributed by atoms with Gasteiger partial charge in [0.05, 0.1) is 12.0 Å². The maximum atomic E-state index is 5.53. The summed E-state index contributed by atoms with van der Waals surface area (Å²) in [5.41, 5.74) is 5.25. The second kappa shape index (κ2) is 10.3. The average molecular weight is 484 g/mol. The summed E-state index contributed by atoms with van der Waals surface area (Å²) >= 11 is 0. The highest BCUT2D eigenvalue weighted by molar-refractivity contribution is 5.66. The third kappa shape index (κ3) is 4.58. The number of hydrogen-bond acceptors (Lipinski definition) is 3. The van der Waals surface area contributed by atoms with E-state index in [-0.39, 0.29) is 0 Å². The van der Waals surface area contributed by atoms with Gasteiger partial charge in [-0.15, -0.1) is 0 Å². The summed E-state index contributed by atoms with van der Waals surface area (Å²) in [5.74, 6) is 0.698. The molecule has 1 aromatic heterocycles. The summed E-state index contributed by atoms with van der Waals surface area (Å²) in [6.45, 7) is 0.483. The van der Waals surface area contributed by atoms with Crippen LogP contribution >= 0.6 is 0 Å². The Morgan fingerprint density at radius 1 is 0.757 bits per heavy atom. The van der Waals surface area contributed by atoms with E-state index in [1.165, 1.54) is 16.7 Å². The maximum absolute atomic E-state index is 5.53. The predicted molar refractivity (Wildman–Crippen MR) is 147 cm³/mol. The fourth-order valence-electron chi connectivity index (χ4n) is 5.22. The smallest absolute Gasteiger partial charge is 0.142 e. The minimum Gasteiger partial charge on any atom is -0.391 e. The molecular weight excluding hydrogens is 454 g/mol. The van der Waals surface area contributed by atoms with Gasteiger partial charge in [0, 0.05) is 24.2 Å². The molecule has 1 fully saturated rings. The first kappa shape index (κ1) is 23.0. The molecule has 0 radical (unpaired) electrons. The van der Waals surface area contributed by atoms with Crippen molar-refractivity contribution < 1.29 is 4.84 Å². The van der Waals surface area contributed by atoms with E-state index in [0.29, 0.717) is 18.4 Å². The minimum absolute atomic E-state index is 0.346. The van der Waals surface area contributed by atoms with E-state index in [1.54, 1.807) is 0 Å². The number of benzene rings is 4. The summed E-state index contributed by atoms with van der Waals surface area (Å²) in [5, 5.41) is 4.24. The van der Waals surface area contributed by atoms with Crippen LogP contribution in [-0.2, 0) is 17.0 Å². The van der Waals surface area contributed by atoms with Crippen LogP contribution in [0.3, 0.4) is 0 Å². The number of nitrogens with zero attached hydrogens (tertiary/aromatic N) is 3. The molecule has 37 heavy (non-hydrogen) atoms. The van der Waals surface area contributed by atoms with Gasteiger partial charge in [-0.3, -0.25) is 0 Å². The van der Waals surface area contributed by atoms with Crippen molar-refractivity contribution in [2.45, 2.75) is 24.5 Å². The molecule has 1 heterocycles. The third-order valence-corrected chi connectivity index (χ3v) is 7.19. The van der Waals surface area contributed by atoms with Crippen LogP contribution in [0.5, 0.6) is 0 Å². The SMILES string of the molecule is C(=N/OCc1ccccc1)/[C@H]1C[C@H]1c1cn(C(c2ccccc2)(c2ccccc2)c2ccccc2)cn1. The number of rotatable bonds is 9. The van der Waals surface area contributed by atoms with Gasteiger partial charge < -0.3 is 9.40 Å². The van der Waals surface area contributed by atoms with E-state index in [1.807, 2.05) is 42.9 Å². The predicted octanol–water partition coefficient (Wildman–Crippen LogP) is 7.03. The van der Waals surface area contributed by atoms with Crippen molar-refractivity contribution in [2.75, 3.05) is 0 Å². The van der Waals surface area contributed by atoms with Crippen LogP contribution in [0.15, 0.2) is 139 Å². The van der Waals surface area contributed by atoms with Crippen LogP contribution in [0.25, 0.3) is 0 Å². The Balaban J connectivity index is 1.31. The zero-order chi connectivity index (χ0) is 24.9. The lowest BCUT2D eigenvalue weighted by molar-refractivity contribution is 0.131. The highest BCUT2D eigenvalue weighted by atomic mass is 16.6. The molecule has 182 valence electrons. The fourth-order valence-corrected chi connectivity index (χ4v) is 5.22. The molecule has 0 aliphatic heterocycles. The standard InChI is InChI=1S/C33H29N3O/c1-5-13-26(14-6-1)24-37-35-22-27-21-31(27)32-23-36(25-34-32)33(28-15-7-2-8-16-28,29-17-9-3-10-18-29)30-19-11-4-12-20-30/h1-20,22-23,25,27,31H,21,24H2/b35-22-/t27-,31-/m1/s1. The third-order valence-electron chi connectivity index (χ3n) is 7.19. The van der Waals surface area contributed by atoms with Crippen molar-refractivity contribution in [1.29, 1.82) is 0 Å². The number of hydrogen-bond donors (Lipinski definition) is 0. The molecule has 1 saturated carbocycles. The summed E-state index contributed by atoms with van der Waals surface area (Å²) < 4.78 is 2.28. The summed E-state index contributed by atoms with van der Waals surface area (Å²) in [6, 6.07) is 42.2. The second-order valence-corrected chi connectivity index (χ2v) is 9.53. The van der Waals surface area contributed by atoms with Gasteiger partial charge in [-0.1, -0.05) is 126 Å². The van der Waals surface area contributed by atoms with E-state index >= 15 is 0 Å². The Morgan fingerprint density at radius 3 is 1.81 bits per heavy atom. The number of oxime groups is 1. The van der Waals surface area contributed by atoms with Gasteiger partial charge in [-0.25, -0.2) is 4.98 Å². The topological polar surface area (TPSA) is 39.4 Å². The maximum Gasteiger partial charge on any atom is 0.142 e. The van der Waals surface area contributed by atoms with Crippen LogP contribution in [0, 0.1) is 5.92 Å². The number of imidazole rings is 1. The van der Waals surface area contributed by atoms with E-state index in [2.05, 4.69) is 107 Å². The largest absolute Gasteiger partial charge is 0.391 e. The van der Waals surface area contributed by atoms with Gasteiger partial charge in [0.1, 0.15) is 12.1 Å². The van der Waals surface area contributed by atoms with Crippen molar-refractivity contribution >= 4 is 6.21 Å². The van der Waals surface area contributed by atoms with Gasteiger partial charge in [0.2, 0.25) is 0 Å². The molecule has 6 rings (SSSR count). The van der Waals surface area contributed by atoms with Crippen molar-refractivity contribution in [1.82, 2.24) is 9.55 Å².